The lowest BCUT2D eigenvalue weighted by atomic mass is 10.1. The van der Waals surface area contributed by atoms with Gasteiger partial charge in [0.15, 0.2) is 6.61 Å². The summed E-state index contributed by atoms with van der Waals surface area (Å²) in [5.74, 6) is -0.912. The number of ether oxygens (including phenoxy) is 2. The average Bonchev–Trinajstić information content (AvgIpc) is 2.78. The molecule has 2 aromatic carbocycles. The maximum Gasteiger partial charge on any atom is 0.338 e. The molecule has 1 saturated heterocycles. The van der Waals surface area contributed by atoms with E-state index in [1.807, 2.05) is 30.3 Å². The molecule has 0 radical (unpaired) electrons. The Bertz CT molecular complexity index is 846. The van der Waals surface area contributed by atoms with E-state index in [-0.39, 0.29) is 12.5 Å². The van der Waals surface area contributed by atoms with E-state index in [1.165, 1.54) is 0 Å². The van der Waals surface area contributed by atoms with Gasteiger partial charge < -0.3 is 24.6 Å². The summed E-state index contributed by atoms with van der Waals surface area (Å²) in [6.45, 7) is 7.47. The van der Waals surface area contributed by atoms with Gasteiger partial charge in [-0.2, -0.15) is 0 Å². The van der Waals surface area contributed by atoms with Crippen LogP contribution in [0.4, 0.5) is 11.4 Å². The number of piperazine rings is 1. The maximum absolute atomic E-state index is 12.2. The van der Waals surface area contributed by atoms with Gasteiger partial charge in [0, 0.05) is 44.7 Å². The summed E-state index contributed by atoms with van der Waals surface area (Å²) >= 11 is 0. The molecule has 0 aromatic heterocycles. The van der Waals surface area contributed by atoms with Crippen molar-refractivity contribution in [3.63, 3.8) is 0 Å². The first kappa shape index (κ1) is 21.8. The lowest BCUT2D eigenvalue weighted by molar-refractivity contribution is -0.119. The third-order valence-electron chi connectivity index (χ3n) is 5.14. The Hall–Kier alpha value is -2.90. The van der Waals surface area contributed by atoms with Gasteiger partial charge in [-0.3, -0.25) is 4.79 Å². The van der Waals surface area contributed by atoms with Gasteiger partial charge in [0.1, 0.15) is 0 Å². The number of carbonyl (C=O) groups excluding carboxylic acids is 2. The van der Waals surface area contributed by atoms with Crippen LogP contribution in [0.25, 0.3) is 0 Å². The molecule has 160 valence electrons. The first-order valence-corrected chi connectivity index (χ1v) is 10.2. The third-order valence-corrected chi connectivity index (χ3v) is 5.14. The van der Waals surface area contributed by atoms with E-state index in [0.717, 1.165) is 44.0 Å². The van der Waals surface area contributed by atoms with Gasteiger partial charge in [0.25, 0.3) is 5.91 Å². The number of carbonyl (C=O) groups is 2. The van der Waals surface area contributed by atoms with Crippen LogP contribution >= 0.6 is 0 Å². The minimum absolute atomic E-state index is 0.339. The van der Waals surface area contributed by atoms with E-state index in [4.69, 9.17) is 9.47 Å². The van der Waals surface area contributed by atoms with Crippen LogP contribution in [0.2, 0.25) is 0 Å². The predicted molar refractivity (Wildman–Crippen MR) is 117 cm³/mol. The van der Waals surface area contributed by atoms with Gasteiger partial charge in [0.2, 0.25) is 0 Å². The first-order chi connectivity index (χ1) is 14.6. The van der Waals surface area contributed by atoms with E-state index in [0.29, 0.717) is 17.9 Å². The minimum Gasteiger partial charge on any atom is -0.452 e. The Morgan fingerprint density at radius 2 is 1.77 bits per heavy atom. The summed E-state index contributed by atoms with van der Waals surface area (Å²) in [7, 11) is 1.59. The Kier molecular flexibility index (Phi) is 7.82. The SMILES string of the molecule is CCN1CCN(c2ccc(NC(=O)COC(=O)c3cccc(COC)c3)cc2)CC1. The van der Waals surface area contributed by atoms with Crippen LogP contribution in [0.5, 0.6) is 0 Å². The monoisotopic (exact) mass is 411 g/mol. The predicted octanol–water partition coefficient (Wildman–Crippen LogP) is 2.77. The van der Waals surface area contributed by atoms with Crippen LogP contribution in [0.1, 0.15) is 22.8 Å². The molecule has 1 heterocycles. The van der Waals surface area contributed by atoms with Gasteiger partial charge >= 0.3 is 5.97 Å². The molecule has 1 amide bonds. The fourth-order valence-electron chi connectivity index (χ4n) is 3.44. The highest BCUT2D eigenvalue weighted by Crippen LogP contribution is 2.19. The van der Waals surface area contributed by atoms with Crippen molar-refractivity contribution in [3.8, 4) is 0 Å². The highest BCUT2D eigenvalue weighted by atomic mass is 16.5. The highest BCUT2D eigenvalue weighted by Gasteiger charge is 2.16. The van der Waals surface area contributed by atoms with Crippen LogP contribution in [0.15, 0.2) is 48.5 Å². The zero-order chi connectivity index (χ0) is 21.3. The fraction of sp³-hybridized carbons (Fsp3) is 0.391. The molecule has 0 unspecified atom stereocenters. The second kappa shape index (κ2) is 10.8. The Morgan fingerprint density at radius 1 is 1.03 bits per heavy atom. The number of amides is 1. The van der Waals surface area contributed by atoms with Gasteiger partial charge in [-0.25, -0.2) is 4.79 Å². The second-order valence-electron chi connectivity index (χ2n) is 7.23. The molecule has 0 aliphatic carbocycles. The quantitative estimate of drug-likeness (QED) is 0.674. The zero-order valence-electron chi connectivity index (χ0n) is 17.6. The maximum atomic E-state index is 12.2. The summed E-state index contributed by atoms with van der Waals surface area (Å²) < 4.78 is 10.2. The number of likely N-dealkylation sites (N-methyl/N-ethyl adjacent to an activating group) is 1. The largest absolute Gasteiger partial charge is 0.452 e. The van der Waals surface area contributed by atoms with Crippen molar-refractivity contribution in [2.45, 2.75) is 13.5 Å². The summed E-state index contributed by atoms with van der Waals surface area (Å²) in [4.78, 5) is 29.1. The lowest BCUT2D eigenvalue weighted by Gasteiger charge is -2.35. The Morgan fingerprint density at radius 3 is 2.43 bits per heavy atom. The molecule has 1 aliphatic rings. The Labute approximate surface area is 177 Å². The molecule has 3 rings (SSSR count). The van der Waals surface area contributed by atoms with E-state index in [9.17, 15) is 9.59 Å². The number of hydrogen-bond donors (Lipinski definition) is 1. The number of nitrogens with one attached hydrogen (secondary N) is 1. The van der Waals surface area contributed by atoms with Crippen LogP contribution in [0, 0.1) is 0 Å². The average molecular weight is 412 g/mol. The smallest absolute Gasteiger partial charge is 0.338 e. The van der Waals surface area contributed by atoms with Crippen molar-refractivity contribution in [3.05, 3.63) is 59.7 Å². The summed E-state index contributed by atoms with van der Waals surface area (Å²) in [5.41, 5.74) is 3.08. The van der Waals surface area contributed by atoms with Crippen molar-refractivity contribution in [1.82, 2.24) is 4.90 Å². The summed E-state index contributed by atoms with van der Waals surface area (Å²) in [6, 6.07) is 14.7. The fourth-order valence-corrected chi connectivity index (χ4v) is 3.44. The number of methoxy groups -OCH3 is 1. The van der Waals surface area contributed by atoms with Gasteiger partial charge in [-0.1, -0.05) is 19.1 Å². The van der Waals surface area contributed by atoms with E-state index < -0.39 is 5.97 Å². The van der Waals surface area contributed by atoms with Crippen LogP contribution < -0.4 is 10.2 Å². The van der Waals surface area contributed by atoms with Gasteiger partial charge in [-0.05, 0) is 48.5 Å². The number of esters is 1. The van der Waals surface area contributed by atoms with Crippen molar-refractivity contribution in [2.75, 3.05) is 56.7 Å². The van der Waals surface area contributed by atoms with Crippen molar-refractivity contribution in [2.24, 2.45) is 0 Å². The third kappa shape index (κ3) is 6.05. The summed E-state index contributed by atoms with van der Waals surface area (Å²) in [6.07, 6.45) is 0. The molecular formula is C23H29N3O4. The minimum atomic E-state index is -0.537. The normalized spacial score (nSPS) is 14.4. The Balaban J connectivity index is 1.47. The molecule has 7 nitrogen and oxygen atoms in total. The number of hydrogen-bond acceptors (Lipinski definition) is 6. The first-order valence-electron chi connectivity index (χ1n) is 10.2. The molecule has 0 bridgehead atoms. The molecule has 2 aromatic rings. The molecule has 7 heteroatoms. The van der Waals surface area contributed by atoms with Gasteiger partial charge in [0.05, 0.1) is 12.2 Å². The van der Waals surface area contributed by atoms with Crippen LogP contribution in [-0.2, 0) is 20.9 Å². The highest BCUT2D eigenvalue weighted by molar-refractivity contribution is 5.95. The van der Waals surface area contributed by atoms with Crippen molar-refractivity contribution < 1.29 is 19.1 Å². The molecule has 0 spiro atoms. The number of anilines is 2. The molecule has 1 fully saturated rings. The van der Waals surface area contributed by atoms with Crippen LogP contribution in [-0.4, -0.2) is 63.2 Å². The van der Waals surface area contributed by atoms with Gasteiger partial charge in [-0.15, -0.1) is 0 Å². The van der Waals surface area contributed by atoms with Crippen molar-refractivity contribution >= 4 is 23.3 Å². The molecule has 1 N–H and O–H groups in total. The zero-order valence-corrected chi connectivity index (χ0v) is 17.6. The molecule has 0 saturated carbocycles. The van der Waals surface area contributed by atoms with E-state index >= 15 is 0 Å². The molecule has 1 aliphatic heterocycles. The van der Waals surface area contributed by atoms with E-state index in [1.54, 1.807) is 25.3 Å². The standard InChI is InChI=1S/C23H29N3O4/c1-3-25-11-13-26(14-12-25)21-9-7-20(8-10-21)24-22(27)17-30-23(28)19-6-4-5-18(15-19)16-29-2/h4-10,15H,3,11-14,16-17H2,1-2H3,(H,24,27). The summed E-state index contributed by atoms with van der Waals surface area (Å²) in [5, 5.41) is 2.76. The number of nitrogens with zero attached hydrogens (tertiary/aromatic N) is 2. The molecule has 30 heavy (non-hydrogen) atoms. The second-order valence-corrected chi connectivity index (χ2v) is 7.23. The van der Waals surface area contributed by atoms with E-state index in [2.05, 4.69) is 22.0 Å². The van der Waals surface area contributed by atoms with Crippen LogP contribution in [0.3, 0.4) is 0 Å². The van der Waals surface area contributed by atoms with Crippen molar-refractivity contribution in [1.29, 1.82) is 0 Å². The number of benzene rings is 2. The molecular weight excluding hydrogens is 382 g/mol. The molecule has 0 atom stereocenters. The topological polar surface area (TPSA) is 71.1 Å². The number of rotatable bonds is 8. The lowest BCUT2D eigenvalue weighted by Crippen LogP contribution is -2.46.